The third-order valence-electron chi connectivity index (χ3n) is 0.591. The van der Waals surface area contributed by atoms with Crippen LogP contribution in [0.25, 0.3) is 0 Å². The Bertz CT molecular complexity index is 25.7. The Labute approximate surface area is 93.1 Å². The second-order valence-electron chi connectivity index (χ2n) is 1.26. The maximum Gasteiger partial charge on any atom is 0.0509 e. The van der Waals surface area contributed by atoms with Crippen LogP contribution in [0.5, 0.6) is 0 Å². The fourth-order valence-electron chi connectivity index (χ4n) is 0. The second-order valence-corrected chi connectivity index (χ2v) is 1.26. The molecule has 0 aliphatic carbocycles. The van der Waals surface area contributed by atoms with Crippen LogP contribution >= 0.6 is 0 Å². The van der Waals surface area contributed by atoms with Gasteiger partial charge < -0.3 is 5.11 Å². The van der Waals surface area contributed by atoms with Crippen LogP contribution in [0.1, 0.15) is 20.3 Å². The number of rotatable bonds is 1. The molecule has 0 aliphatic rings. The largest absolute Gasteiger partial charge is 0.393 e. The zero-order valence-electron chi connectivity index (χ0n) is 4.81. The summed E-state index contributed by atoms with van der Waals surface area (Å²) < 4.78 is 0. The Balaban J connectivity index is -0.0000000800. The average molecular weight is 263 g/mol. The van der Waals surface area contributed by atoms with Gasteiger partial charge in [-0.1, -0.05) is 6.92 Å². The van der Waals surface area contributed by atoms with E-state index in [4.69, 9.17) is 5.11 Å². The van der Waals surface area contributed by atoms with E-state index in [1.807, 2.05) is 6.92 Å². The van der Waals surface area contributed by atoms with E-state index in [9.17, 15) is 0 Å². The van der Waals surface area contributed by atoms with Crippen molar-refractivity contribution in [2.24, 2.45) is 0 Å². The molecule has 0 amide bonds. The van der Waals surface area contributed by atoms with E-state index in [1.54, 1.807) is 6.92 Å². The first-order valence-corrected chi connectivity index (χ1v) is 1.95. The first-order chi connectivity index (χ1) is 2.27. The van der Waals surface area contributed by atoms with Crippen LogP contribution in [-0.2, 0) is 21.7 Å². The van der Waals surface area contributed by atoms with E-state index in [-0.39, 0.29) is 69.1 Å². The summed E-state index contributed by atoms with van der Waals surface area (Å²) in [6.07, 6.45) is 0.745. The molecule has 0 aromatic rings. The van der Waals surface area contributed by atoms with Crippen molar-refractivity contribution in [3.05, 3.63) is 0 Å². The molecule has 1 nitrogen and oxygen atoms in total. The van der Waals surface area contributed by atoms with Crippen LogP contribution in [0, 0.1) is 41.3 Å². The van der Waals surface area contributed by atoms with E-state index in [1.165, 1.54) is 0 Å². The van der Waals surface area contributed by atoms with Crippen molar-refractivity contribution in [1.29, 1.82) is 0 Å². The molecule has 0 spiro atoms. The van der Waals surface area contributed by atoms with Crippen molar-refractivity contribution in [2.75, 3.05) is 0 Å². The average Bonchev–Trinajstić information content (AvgIpc) is 1.38. The van der Waals surface area contributed by atoms with Crippen molar-refractivity contribution in [2.45, 2.75) is 26.4 Å². The molecule has 0 rings (SSSR count). The SMILES string of the molecule is CCC(C)O.[Pr].[Ti]. The predicted molar refractivity (Wildman–Crippen MR) is 22.0 cm³/mol. The first-order valence-electron chi connectivity index (χ1n) is 1.95. The monoisotopic (exact) mass is 263 g/mol. The summed E-state index contributed by atoms with van der Waals surface area (Å²) in [5.74, 6) is 0. The molecule has 0 bridgehead atoms. The molecule has 7 heavy (non-hydrogen) atoms. The summed E-state index contributed by atoms with van der Waals surface area (Å²) in [5, 5.41) is 8.36. The van der Waals surface area contributed by atoms with Crippen molar-refractivity contribution in [3.8, 4) is 0 Å². The Kier molecular flexibility index (Phi) is 25.0. The fraction of sp³-hybridized carbons (Fsp3) is 1.00. The minimum absolute atomic E-state index is 0. The van der Waals surface area contributed by atoms with Crippen LogP contribution in [0.4, 0.5) is 0 Å². The summed E-state index contributed by atoms with van der Waals surface area (Å²) in [7, 11) is 0. The van der Waals surface area contributed by atoms with Gasteiger partial charge in [-0.2, -0.15) is 0 Å². The van der Waals surface area contributed by atoms with Crippen molar-refractivity contribution in [1.82, 2.24) is 0 Å². The number of hydrogen-bond donors (Lipinski definition) is 1. The van der Waals surface area contributed by atoms with Gasteiger partial charge in [-0.05, 0) is 13.3 Å². The maximum absolute atomic E-state index is 8.36. The summed E-state index contributed by atoms with van der Waals surface area (Å²) >= 11 is 0. The van der Waals surface area contributed by atoms with Gasteiger partial charge in [0, 0.05) is 63.0 Å². The van der Waals surface area contributed by atoms with E-state index >= 15 is 0 Å². The molecule has 0 aromatic carbocycles. The van der Waals surface area contributed by atoms with Gasteiger partial charge in [0.25, 0.3) is 0 Å². The molecule has 0 aromatic heterocycles. The third kappa shape index (κ3) is 18.0. The van der Waals surface area contributed by atoms with Gasteiger partial charge in [0.1, 0.15) is 0 Å². The summed E-state index contributed by atoms with van der Waals surface area (Å²) in [5.41, 5.74) is 0. The minimum atomic E-state index is -0.116. The summed E-state index contributed by atoms with van der Waals surface area (Å²) in [6.45, 7) is 3.73. The van der Waals surface area contributed by atoms with Gasteiger partial charge in [0.15, 0.2) is 0 Å². The van der Waals surface area contributed by atoms with Crippen LogP contribution < -0.4 is 0 Å². The molecular weight excluding hydrogens is 253 g/mol. The molecule has 1 unspecified atom stereocenters. The fourth-order valence-corrected chi connectivity index (χ4v) is 0. The molecule has 0 heterocycles. The van der Waals surface area contributed by atoms with Gasteiger partial charge in [0.2, 0.25) is 0 Å². The zero-order chi connectivity index (χ0) is 4.28. The van der Waals surface area contributed by atoms with Crippen LogP contribution in [0.15, 0.2) is 0 Å². The van der Waals surface area contributed by atoms with Gasteiger partial charge in [-0.15, -0.1) is 0 Å². The molecule has 0 saturated heterocycles. The molecule has 0 saturated carbocycles. The Morgan fingerprint density at radius 1 is 1.57 bits per heavy atom. The van der Waals surface area contributed by atoms with Gasteiger partial charge in [-0.25, -0.2) is 0 Å². The zero-order valence-corrected chi connectivity index (χ0v) is 10.1. The molecule has 1 atom stereocenters. The topological polar surface area (TPSA) is 20.2 Å². The molecule has 3 heteroatoms. The second kappa shape index (κ2) is 10.9. The van der Waals surface area contributed by atoms with E-state index in [0.29, 0.717) is 0 Å². The van der Waals surface area contributed by atoms with E-state index < -0.39 is 0 Å². The van der Waals surface area contributed by atoms with Crippen molar-refractivity contribution < 1.29 is 68.1 Å². The van der Waals surface area contributed by atoms with Crippen molar-refractivity contribution >= 4 is 0 Å². The Morgan fingerprint density at radius 3 is 1.71 bits per heavy atom. The minimum Gasteiger partial charge on any atom is -0.393 e. The molecule has 39 valence electrons. The van der Waals surface area contributed by atoms with Crippen LogP contribution in [-0.4, -0.2) is 11.2 Å². The quantitative estimate of drug-likeness (QED) is 0.693. The predicted octanol–water partition coefficient (Wildman–Crippen LogP) is 0.775. The molecular formula is C4H10OPrTi. The molecule has 1 radical (unpaired) electrons. The van der Waals surface area contributed by atoms with Gasteiger partial charge in [-0.3, -0.25) is 0 Å². The number of aliphatic hydroxyl groups is 1. The summed E-state index contributed by atoms with van der Waals surface area (Å²) in [6, 6.07) is 0. The first kappa shape index (κ1) is 16.0. The van der Waals surface area contributed by atoms with E-state index in [0.717, 1.165) is 6.42 Å². The number of aliphatic hydroxyl groups excluding tert-OH is 1. The van der Waals surface area contributed by atoms with E-state index in [2.05, 4.69) is 0 Å². The van der Waals surface area contributed by atoms with Gasteiger partial charge >= 0.3 is 0 Å². The standard InChI is InChI=1S/C4H10O.Pr.Ti/c1-3-4(2)5;;/h4-5H,3H2,1-2H3;;. The molecule has 1 N–H and O–H groups in total. The summed E-state index contributed by atoms with van der Waals surface area (Å²) in [4.78, 5) is 0. The maximum atomic E-state index is 8.36. The number of hydrogen-bond acceptors (Lipinski definition) is 1. The normalized spacial score (nSPS) is 10.7. The Morgan fingerprint density at radius 2 is 1.71 bits per heavy atom. The van der Waals surface area contributed by atoms with Crippen molar-refractivity contribution in [3.63, 3.8) is 0 Å². The Hall–Kier alpha value is 2.04. The molecule has 0 fully saturated rings. The van der Waals surface area contributed by atoms with Gasteiger partial charge in [0.05, 0.1) is 6.10 Å². The van der Waals surface area contributed by atoms with Crippen LogP contribution in [0.3, 0.4) is 0 Å². The molecule has 0 aliphatic heterocycles. The smallest absolute Gasteiger partial charge is 0.0509 e. The van der Waals surface area contributed by atoms with Crippen LogP contribution in [0.2, 0.25) is 0 Å². The third-order valence-corrected chi connectivity index (χ3v) is 0.591.